The Kier molecular flexibility index (Phi) is 2.56. The van der Waals surface area contributed by atoms with Crippen LogP contribution in [-0.4, -0.2) is 38.3 Å². The van der Waals surface area contributed by atoms with E-state index in [9.17, 15) is 14.7 Å². The minimum Gasteiger partial charge on any atom is -0.509 e. The number of fused-ring (bicyclic) bond motifs is 4. The molecule has 1 amide bonds. The van der Waals surface area contributed by atoms with Crippen molar-refractivity contribution in [2.75, 3.05) is 0 Å². The molecular formula is C20H20N2O3. The van der Waals surface area contributed by atoms with Gasteiger partial charge in [0.15, 0.2) is 5.78 Å². The average molecular weight is 336 g/mol. The lowest BCUT2D eigenvalue weighted by molar-refractivity contribution is -0.132. The number of nitrogens with one attached hydrogen (secondary N) is 1. The van der Waals surface area contributed by atoms with E-state index in [1.54, 1.807) is 4.90 Å². The van der Waals surface area contributed by atoms with E-state index in [1.807, 2.05) is 6.20 Å². The standard InChI is InChI=1S/C20H20N2O3/c1-9(23)14-18(24)17-16-11-8-21-13-6-4-5-10(15(11)13)7-12(16)20(2,3)22(17)19(14)25/h4-6,8,12,16-17,21,24H,7H2,1-3H3/t12-,16-,17-/m1/s1. The van der Waals surface area contributed by atoms with Gasteiger partial charge < -0.3 is 15.0 Å². The number of aromatic amines is 1. The van der Waals surface area contributed by atoms with E-state index in [-0.39, 0.29) is 34.9 Å². The van der Waals surface area contributed by atoms with Gasteiger partial charge in [0, 0.05) is 28.6 Å². The maximum atomic E-state index is 12.9. The van der Waals surface area contributed by atoms with Gasteiger partial charge >= 0.3 is 0 Å². The molecule has 0 bridgehead atoms. The molecule has 2 N–H and O–H groups in total. The molecule has 25 heavy (non-hydrogen) atoms. The van der Waals surface area contributed by atoms with Crippen LogP contribution in [0.25, 0.3) is 10.9 Å². The molecule has 0 spiro atoms. The largest absolute Gasteiger partial charge is 0.509 e. The quantitative estimate of drug-likeness (QED) is 0.787. The highest BCUT2D eigenvalue weighted by Gasteiger charge is 2.63. The number of hydrogen-bond acceptors (Lipinski definition) is 3. The molecule has 1 aliphatic carbocycles. The van der Waals surface area contributed by atoms with Crippen LogP contribution in [0.4, 0.5) is 0 Å². The molecule has 5 nitrogen and oxygen atoms in total. The molecule has 5 heteroatoms. The van der Waals surface area contributed by atoms with Gasteiger partial charge in [0.1, 0.15) is 11.3 Å². The van der Waals surface area contributed by atoms with Crippen LogP contribution in [0.2, 0.25) is 0 Å². The fourth-order valence-electron chi connectivity index (χ4n) is 5.47. The number of aliphatic hydroxyl groups is 1. The van der Waals surface area contributed by atoms with E-state index in [4.69, 9.17) is 0 Å². The SMILES string of the molecule is CC(=O)C1=C(O)[C@H]2[C@@H]3c4c[nH]c5cccc(c45)C[C@H]3C(C)(C)N2C1=O. The van der Waals surface area contributed by atoms with Crippen LogP contribution >= 0.6 is 0 Å². The molecule has 0 radical (unpaired) electrons. The summed E-state index contributed by atoms with van der Waals surface area (Å²) in [7, 11) is 0. The lowest BCUT2D eigenvalue weighted by atomic mass is 9.69. The van der Waals surface area contributed by atoms with Crippen molar-refractivity contribution in [3.05, 3.63) is 46.9 Å². The minimum atomic E-state index is -0.446. The molecule has 1 aromatic heterocycles. The summed E-state index contributed by atoms with van der Waals surface area (Å²) >= 11 is 0. The Morgan fingerprint density at radius 3 is 2.84 bits per heavy atom. The maximum Gasteiger partial charge on any atom is 0.262 e. The van der Waals surface area contributed by atoms with Gasteiger partial charge in [-0.2, -0.15) is 0 Å². The van der Waals surface area contributed by atoms with Crippen LogP contribution in [0.15, 0.2) is 35.7 Å². The van der Waals surface area contributed by atoms with E-state index < -0.39 is 11.6 Å². The molecule has 5 rings (SSSR count). The highest BCUT2D eigenvalue weighted by Crippen LogP contribution is 2.58. The number of aliphatic hydroxyl groups excluding tert-OH is 1. The van der Waals surface area contributed by atoms with Crippen molar-refractivity contribution < 1.29 is 14.7 Å². The predicted molar refractivity (Wildman–Crippen MR) is 93.3 cm³/mol. The van der Waals surface area contributed by atoms with Crippen molar-refractivity contribution in [1.82, 2.24) is 9.88 Å². The third-order valence-corrected chi connectivity index (χ3v) is 6.52. The molecule has 0 saturated carbocycles. The van der Waals surface area contributed by atoms with Crippen LogP contribution in [0.5, 0.6) is 0 Å². The van der Waals surface area contributed by atoms with E-state index >= 15 is 0 Å². The minimum absolute atomic E-state index is 0.000509. The number of rotatable bonds is 1. The highest BCUT2D eigenvalue weighted by molar-refractivity contribution is 6.21. The van der Waals surface area contributed by atoms with Gasteiger partial charge in [-0.3, -0.25) is 9.59 Å². The number of carbonyl (C=O) groups excluding carboxylic acids is 2. The Bertz CT molecular complexity index is 998. The third kappa shape index (κ3) is 1.54. The number of amides is 1. The summed E-state index contributed by atoms with van der Waals surface area (Å²) in [5.74, 6) is -0.540. The first-order valence-corrected chi connectivity index (χ1v) is 8.70. The zero-order valence-corrected chi connectivity index (χ0v) is 14.5. The second kappa shape index (κ2) is 4.34. The van der Waals surface area contributed by atoms with E-state index in [2.05, 4.69) is 37.0 Å². The first-order chi connectivity index (χ1) is 11.8. The molecule has 1 saturated heterocycles. The van der Waals surface area contributed by atoms with Gasteiger partial charge in [-0.1, -0.05) is 12.1 Å². The van der Waals surface area contributed by atoms with Gasteiger partial charge in [-0.15, -0.1) is 0 Å². The van der Waals surface area contributed by atoms with Crippen LogP contribution in [0, 0.1) is 5.92 Å². The van der Waals surface area contributed by atoms with Crippen molar-refractivity contribution in [3.8, 4) is 0 Å². The zero-order valence-electron chi connectivity index (χ0n) is 14.5. The Morgan fingerprint density at radius 1 is 1.36 bits per heavy atom. The lowest BCUT2D eigenvalue weighted by Crippen LogP contribution is -2.47. The number of hydrogen-bond donors (Lipinski definition) is 2. The fourth-order valence-corrected chi connectivity index (χ4v) is 5.47. The molecular weight excluding hydrogens is 316 g/mol. The van der Waals surface area contributed by atoms with E-state index in [1.165, 1.54) is 17.9 Å². The first-order valence-electron chi connectivity index (χ1n) is 8.70. The van der Waals surface area contributed by atoms with Crippen LogP contribution in [-0.2, 0) is 16.0 Å². The highest BCUT2D eigenvalue weighted by atomic mass is 16.3. The van der Waals surface area contributed by atoms with Crippen molar-refractivity contribution in [2.45, 2.75) is 44.7 Å². The van der Waals surface area contributed by atoms with Crippen molar-refractivity contribution >= 4 is 22.6 Å². The summed E-state index contributed by atoms with van der Waals surface area (Å²) in [5.41, 5.74) is 3.04. The van der Waals surface area contributed by atoms with Gasteiger partial charge in [-0.25, -0.2) is 0 Å². The number of nitrogens with zero attached hydrogens (tertiary/aromatic N) is 1. The van der Waals surface area contributed by atoms with Crippen molar-refractivity contribution in [3.63, 3.8) is 0 Å². The average Bonchev–Trinajstić information content (AvgIpc) is 3.14. The number of aromatic nitrogens is 1. The van der Waals surface area contributed by atoms with Gasteiger partial charge in [0.05, 0.1) is 6.04 Å². The second-order valence-electron chi connectivity index (χ2n) is 8.01. The third-order valence-electron chi connectivity index (χ3n) is 6.52. The molecule has 3 heterocycles. The summed E-state index contributed by atoms with van der Waals surface area (Å²) in [6.07, 6.45) is 2.87. The summed E-state index contributed by atoms with van der Waals surface area (Å²) in [6, 6.07) is 5.81. The first kappa shape index (κ1) is 14.8. The number of ketones is 1. The Balaban J connectivity index is 1.78. The van der Waals surface area contributed by atoms with E-state index in [0.717, 1.165) is 17.5 Å². The summed E-state index contributed by atoms with van der Waals surface area (Å²) < 4.78 is 0. The second-order valence-corrected chi connectivity index (χ2v) is 8.01. The van der Waals surface area contributed by atoms with Crippen LogP contribution < -0.4 is 0 Å². The molecule has 128 valence electrons. The molecule has 0 unspecified atom stereocenters. The Hall–Kier alpha value is -2.56. The topological polar surface area (TPSA) is 73.4 Å². The number of H-pyrrole nitrogens is 1. The number of carbonyl (C=O) groups is 2. The summed E-state index contributed by atoms with van der Waals surface area (Å²) in [6.45, 7) is 5.45. The molecule has 1 aromatic carbocycles. The molecule has 3 aliphatic rings. The molecule has 1 fully saturated rings. The van der Waals surface area contributed by atoms with Crippen molar-refractivity contribution in [2.24, 2.45) is 5.92 Å². The summed E-state index contributed by atoms with van der Waals surface area (Å²) in [5, 5.41) is 12.0. The Morgan fingerprint density at radius 2 is 2.12 bits per heavy atom. The molecule has 2 aromatic rings. The predicted octanol–water partition coefficient (Wildman–Crippen LogP) is 2.83. The van der Waals surface area contributed by atoms with Gasteiger partial charge in [-0.05, 0) is 50.3 Å². The molecule has 3 atom stereocenters. The zero-order chi connectivity index (χ0) is 17.7. The van der Waals surface area contributed by atoms with E-state index in [0.29, 0.717) is 0 Å². The monoisotopic (exact) mass is 336 g/mol. The number of Topliss-reactive ketones (excluding diaryl/α,β-unsaturated/α-hetero) is 1. The fraction of sp³-hybridized carbons (Fsp3) is 0.400. The lowest BCUT2D eigenvalue weighted by Gasteiger charge is -2.37. The molecule has 2 aliphatic heterocycles. The van der Waals surface area contributed by atoms with Crippen molar-refractivity contribution in [1.29, 1.82) is 0 Å². The maximum absolute atomic E-state index is 12.9. The Labute approximate surface area is 145 Å². The summed E-state index contributed by atoms with van der Waals surface area (Å²) in [4.78, 5) is 29.9. The smallest absolute Gasteiger partial charge is 0.262 e. The van der Waals surface area contributed by atoms with Gasteiger partial charge in [0.25, 0.3) is 5.91 Å². The van der Waals surface area contributed by atoms with Gasteiger partial charge in [0.2, 0.25) is 0 Å². The van der Waals surface area contributed by atoms with Crippen LogP contribution in [0.3, 0.4) is 0 Å². The van der Waals surface area contributed by atoms with Crippen LogP contribution in [0.1, 0.15) is 37.8 Å². The normalized spacial score (nSPS) is 29.3. The number of benzene rings is 1.